The maximum atomic E-state index is 12.9. The van der Waals surface area contributed by atoms with E-state index in [1.54, 1.807) is 31.6 Å². The number of amides is 2. The number of carbonyl (C=O) groups excluding carboxylic acids is 2. The summed E-state index contributed by atoms with van der Waals surface area (Å²) >= 11 is 0. The molecule has 0 radical (unpaired) electrons. The molecule has 6 nitrogen and oxygen atoms in total. The zero-order chi connectivity index (χ0) is 16.7. The van der Waals surface area contributed by atoms with Gasteiger partial charge in [-0.3, -0.25) is 14.6 Å². The summed E-state index contributed by atoms with van der Waals surface area (Å²) in [5.74, 6) is 0.742. The highest BCUT2D eigenvalue weighted by atomic mass is 16.3. The second-order valence-corrected chi connectivity index (χ2v) is 6.33. The highest BCUT2D eigenvalue weighted by molar-refractivity contribution is 5.98. The highest BCUT2D eigenvalue weighted by Gasteiger charge is 2.45. The van der Waals surface area contributed by atoms with Gasteiger partial charge in [-0.2, -0.15) is 0 Å². The quantitative estimate of drug-likeness (QED) is 0.850. The van der Waals surface area contributed by atoms with Crippen molar-refractivity contribution in [3.8, 4) is 0 Å². The number of hydrogen-bond acceptors (Lipinski definition) is 4. The molecule has 2 amide bonds. The van der Waals surface area contributed by atoms with E-state index in [-0.39, 0.29) is 23.9 Å². The maximum Gasteiger partial charge on any atom is 0.257 e. The van der Waals surface area contributed by atoms with Crippen molar-refractivity contribution in [3.05, 3.63) is 48.2 Å². The molecule has 0 saturated carbocycles. The Morgan fingerprint density at radius 1 is 1.29 bits per heavy atom. The Bertz CT molecular complexity index is 771. The molecule has 0 bridgehead atoms. The van der Waals surface area contributed by atoms with Crippen molar-refractivity contribution >= 4 is 17.5 Å². The Morgan fingerprint density at radius 2 is 2.17 bits per heavy atom. The minimum absolute atomic E-state index is 0.00534. The first-order chi connectivity index (χ1) is 11.7. The summed E-state index contributed by atoms with van der Waals surface area (Å²) in [5.41, 5.74) is 1.42. The van der Waals surface area contributed by atoms with Crippen molar-refractivity contribution in [2.24, 2.45) is 0 Å². The van der Waals surface area contributed by atoms with E-state index in [4.69, 9.17) is 4.42 Å². The van der Waals surface area contributed by atoms with Crippen molar-refractivity contribution in [1.29, 1.82) is 0 Å². The van der Waals surface area contributed by atoms with E-state index in [0.717, 1.165) is 12.1 Å². The first-order valence-electron chi connectivity index (χ1n) is 8.24. The van der Waals surface area contributed by atoms with Crippen molar-refractivity contribution in [1.82, 2.24) is 9.88 Å². The summed E-state index contributed by atoms with van der Waals surface area (Å²) in [6.45, 7) is 2.45. The van der Waals surface area contributed by atoms with Crippen LogP contribution >= 0.6 is 0 Å². The molecule has 2 atom stereocenters. The van der Waals surface area contributed by atoms with Gasteiger partial charge in [-0.15, -0.1) is 0 Å². The van der Waals surface area contributed by atoms with E-state index >= 15 is 0 Å². The molecule has 4 rings (SSSR count). The number of nitrogens with zero attached hydrogens (tertiary/aromatic N) is 3. The lowest BCUT2D eigenvalue weighted by Gasteiger charge is -2.39. The van der Waals surface area contributed by atoms with E-state index < -0.39 is 0 Å². The number of anilines is 1. The van der Waals surface area contributed by atoms with Crippen LogP contribution in [0.1, 0.15) is 35.4 Å². The number of pyridine rings is 1. The molecule has 6 heteroatoms. The largest absolute Gasteiger partial charge is 0.469 e. The molecule has 0 aliphatic carbocycles. The van der Waals surface area contributed by atoms with Crippen molar-refractivity contribution in [2.45, 2.75) is 38.3 Å². The van der Waals surface area contributed by atoms with E-state index in [0.29, 0.717) is 30.7 Å². The van der Waals surface area contributed by atoms with Crippen molar-refractivity contribution in [3.63, 3.8) is 0 Å². The van der Waals surface area contributed by atoms with Crippen molar-refractivity contribution in [2.75, 3.05) is 11.4 Å². The second-order valence-electron chi connectivity index (χ2n) is 6.33. The predicted molar refractivity (Wildman–Crippen MR) is 87.6 cm³/mol. The van der Waals surface area contributed by atoms with Gasteiger partial charge in [-0.05, 0) is 38.0 Å². The molecule has 0 spiro atoms. The lowest BCUT2D eigenvalue weighted by Crippen LogP contribution is -2.53. The fraction of sp³-hybridized carbons (Fsp3) is 0.389. The van der Waals surface area contributed by atoms with Crippen LogP contribution in [0.5, 0.6) is 0 Å². The summed E-state index contributed by atoms with van der Waals surface area (Å²) in [7, 11) is 0. The summed E-state index contributed by atoms with van der Waals surface area (Å²) in [5, 5.41) is 0. The molecule has 124 valence electrons. The number of fused-ring (bicyclic) bond motifs is 1. The smallest absolute Gasteiger partial charge is 0.257 e. The first-order valence-corrected chi connectivity index (χ1v) is 8.24. The van der Waals surface area contributed by atoms with Gasteiger partial charge in [0.1, 0.15) is 5.76 Å². The number of hydrogen-bond donors (Lipinski definition) is 0. The van der Waals surface area contributed by atoms with Crippen LogP contribution in [0.3, 0.4) is 0 Å². The highest BCUT2D eigenvalue weighted by Crippen LogP contribution is 2.35. The first kappa shape index (κ1) is 14.9. The lowest BCUT2D eigenvalue weighted by atomic mass is 9.95. The van der Waals surface area contributed by atoms with Gasteiger partial charge in [-0.25, -0.2) is 0 Å². The van der Waals surface area contributed by atoms with Gasteiger partial charge in [0.05, 0.1) is 35.8 Å². The number of likely N-dealkylation sites (tertiary alicyclic amines) is 1. The molecule has 4 heterocycles. The monoisotopic (exact) mass is 325 g/mol. The maximum absolute atomic E-state index is 12.9. The van der Waals surface area contributed by atoms with Crippen LogP contribution in [0.15, 0.2) is 41.3 Å². The van der Waals surface area contributed by atoms with Crippen LogP contribution in [0.2, 0.25) is 0 Å². The summed E-state index contributed by atoms with van der Waals surface area (Å²) in [4.78, 5) is 33.2. The molecule has 0 unspecified atom stereocenters. The van der Waals surface area contributed by atoms with Gasteiger partial charge in [0.25, 0.3) is 5.91 Å². The van der Waals surface area contributed by atoms with E-state index in [2.05, 4.69) is 4.98 Å². The molecule has 2 aliphatic rings. The molecular formula is C18H19N3O3. The fourth-order valence-electron chi connectivity index (χ4n) is 3.91. The van der Waals surface area contributed by atoms with E-state index in [1.807, 2.05) is 21.9 Å². The molecule has 2 aliphatic heterocycles. The standard InChI is InChI=1S/C18H19N3O3/c1-12-14(7-10-24-12)18(23)20-9-6-16-15(20)4-5-17(22)21(16)13-3-2-8-19-11-13/h2-3,7-8,10-11,15-16H,4-6,9H2,1H3/t15-,16-/m1/s1. The van der Waals surface area contributed by atoms with Crippen LogP contribution in [0, 0.1) is 6.92 Å². The van der Waals surface area contributed by atoms with E-state index in [9.17, 15) is 9.59 Å². The van der Waals surface area contributed by atoms with Gasteiger partial charge >= 0.3 is 0 Å². The van der Waals surface area contributed by atoms with Gasteiger partial charge in [0.2, 0.25) is 5.91 Å². The predicted octanol–water partition coefficient (Wildman–Crippen LogP) is 2.39. The zero-order valence-electron chi connectivity index (χ0n) is 13.5. The number of rotatable bonds is 2. The lowest BCUT2D eigenvalue weighted by molar-refractivity contribution is -0.120. The third kappa shape index (κ3) is 2.29. The van der Waals surface area contributed by atoms with Gasteiger partial charge < -0.3 is 14.2 Å². The average molecular weight is 325 g/mol. The van der Waals surface area contributed by atoms with Gasteiger partial charge in [0.15, 0.2) is 0 Å². The molecule has 2 saturated heterocycles. The molecule has 2 fully saturated rings. The van der Waals surface area contributed by atoms with Crippen LogP contribution in [-0.4, -0.2) is 40.3 Å². The van der Waals surface area contributed by atoms with Crippen LogP contribution in [-0.2, 0) is 4.79 Å². The number of aromatic nitrogens is 1. The number of piperidine rings is 1. The Kier molecular flexibility index (Phi) is 3.59. The third-order valence-electron chi connectivity index (χ3n) is 5.04. The summed E-state index contributed by atoms with van der Waals surface area (Å²) < 4.78 is 5.27. The van der Waals surface area contributed by atoms with Crippen molar-refractivity contribution < 1.29 is 14.0 Å². The van der Waals surface area contributed by atoms with Crippen LogP contribution < -0.4 is 4.90 Å². The molecule has 0 N–H and O–H groups in total. The molecule has 2 aromatic rings. The second kappa shape index (κ2) is 5.78. The topological polar surface area (TPSA) is 66.7 Å². The Hall–Kier alpha value is -2.63. The molecule has 2 aromatic heterocycles. The van der Waals surface area contributed by atoms with Crippen LogP contribution in [0.4, 0.5) is 5.69 Å². The minimum Gasteiger partial charge on any atom is -0.469 e. The number of aryl methyl sites for hydroxylation is 1. The Labute approximate surface area is 140 Å². The molecule has 24 heavy (non-hydrogen) atoms. The Morgan fingerprint density at radius 3 is 2.88 bits per heavy atom. The number of carbonyl (C=O) groups is 2. The number of furan rings is 1. The van der Waals surface area contributed by atoms with Gasteiger partial charge in [-0.1, -0.05) is 0 Å². The SMILES string of the molecule is Cc1occc1C(=O)N1CC[C@@H]2[C@H]1CCC(=O)N2c1cccnc1. The zero-order valence-corrected chi connectivity index (χ0v) is 13.5. The minimum atomic E-state index is -0.00534. The normalized spacial score (nSPS) is 23.5. The fourth-order valence-corrected chi connectivity index (χ4v) is 3.91. The summed E-state index contributed by atoms with van der Waals surface area (Å²) in [6, 6.07) is 5.52. The van der Waals surface area contributed by atoms with Crippen LogP contribution in [0.25, 0.3) is 0 Å². The third-order valence-corrected chi connectivity index (χ3v) is 5.04. The molecule has 0 aromatic carbocycles. The Balaban J connectivity index is 1.62. The van der Waals surface area contributed by atoms with E-state index in [1.165, 1.54) is 0 Å². The average Bonchev–Trinajstić information content (AvgIpc) is 3.21. The summed E-state index contributed by atoms with van der Waals surface area (Å²) in [6.07, 6.45) is 6.90. The molecular weight excluding hydrogens is 306 g/mol. The van der Waals surface area contributed by atoms with Gasteiger partial charge in [0, 0.05) is 19.2 Å².